The Morgan fingerprint density at radius 1 is 1.25 bits per heavy atom. The highest BCUT2D eigenvalue weighted by Crippen LogP contribution is 2.31. The minimum Gasteiger partial charge on any atom is -0.490 e. The van der Waals surface area contributed by atoms with Crippen LogP contribution in [-0.4, -0.2) is 79.0 Å². The molecule has 1 amide bonds. The molecule has 8 heteroatoms. The van der Waals surface area contributed by atoms with Gasteiger partial charge in [0, 0.05) is 37.9 Å². The number of hydrogen-bond acceptors (Lipinski definition) is 6. The highest BCUT2D eigenvalue weighted by Gasteiger charge is 2.20. The molecule has 0 aliphatic carbocycles. The van der Waals surface area contributed by atoms with Crippen molar-refractivity contribution in [2.24, 2.45) is 0 Å². The van der Waals surface area contributed by atoms with Crippen molar-refractivity contribution in [1.82, 2.24) is 19.7 Å². The first-order valence-corrected chi connectivity index (χ1v) is 11.6. The maximum atomic E-state index is 13.1. The van der Waals surface area contributed by atoms with Crippen molar-refractivity contribution in [3.63, 3.8) is 0 Å². The number of hydrogen-bond donors (Lipinski definition) is 1. The number of nitrogens with zero attached hydrogens (tertiary/aromatic N) is 4. The lowest BCUT2D eigenvalue weighted by Crippen LogP contribution is -2.39. The summed E-state index contributed by atoms with van der Waals surface area (Å²) in [6.07, 6.45) is 2.82. The molecule has 0 spiro atoms. The second kappa shape index (κ2) is 12.0. The Labute approximate surface area is 196 Å². The van der Waals surface area contributed by atoms with Crippen LogP contribution in [0.3, 0.4) is 0 Å². The Bertz CT molecular complexity index is 892. The van der Waals surface area contributed by atoms with Crippen LogP contribution >= 0.6 is 11.6 Å². The van der Waals surface area contributed by atoms with E-state index in [4.69, 9.17) is 16.3 Å². The number of likely N-dealkylation sites (N-methyl/N-ethyl adjacent to an activating group) is 1. The van der Waals surface area contributed by atoms with Gasteiger partial charge in [-0.3, -0.25) is 14.7 Å². The van der Waals surface area contributed by atoms with Gasteiger partial charge >= 0.3 is 0 Å². The van der Waals surface area contributed by atoms with Gasteiger partial charge in [-0.2, -0.15) is 0 Å². The van der Waals surface area contributed by atoms with Crippen LogP contribution in [0.1, 0.15) is 24.6 Å². The van der Waals surface area contributed by atoms with E-state index >= 15 is 0 Å². The zero-order valence-corrected chi connectivity index (χ0v) is 20.1. The van der Waals surface area contributed by atoms with Gasteiger partial charge in [-0.1, -0.05) is 30.7 Å². The Hall–Kier alpha value is -2.35. The van der Waals surface area contributed by atoms with Crippen LogP contribution < -0.4 is 10.1 Å². The fraction of sp³-hybridized carbons (Fsp3) is 0.500. The second-order valence-electron chi connectivity index (χ2n) is 8.32. The summed E-state index contributed by atoms with van der Waals surface area (Å²) in [5.74, 6) is 0.846. The predicted molar refractivity (Wildman–Crippen MR) is 129 cm³/mol. The maximum absolute atomic E-state index is 13.1. The third-order valence-electron chi connectivity index (χ3n) is 5.46. The van der Waals surface area contributed by atoms with Gasteiger partial charge < -0.3 is 19.9 Å². The molecule has 2 heterocycles. The lowest BCUT2D eigenvalue weighted by atomic mass is 10.1. The first-order valence-electron chi connectivity index (χ1n) is 11.2. The van der Waals surface area contributed by atoms with Gasteiger partial charge in [0.1, 0.15) is 12.4 Å². The molecule has 0 fully saturated rings. The third kappa shape index (κ3) is 6.82. The molecule has 1 aliphatic heterocycles. The largest absolute Gasteiger partial charge is 0.490 e. The van der Waals surface area contributed by atoms with Gasteiger partial charge in [0.15, 0.2) is 0 Å². The standard InChI is InChI=1S/C24H34ClN5O2/c1-4-11-29-14-15-32-24-19(17-29)7-5-9-21(24)27-16-23(31)30(13-12-28(2)3)18-22-20(25)8-6-10-26-22/h5-10,27H,4,11-18H2,1-3H3. The number of ether oxygens (including phenoxy) is 1. The van der Waals surface area contributed by atoms with Crippen molar-refractivity contribution in [3.8, 4) is 5.75 Å². The summed E-state index contributed by atoms with van der Waals surface area (Å²) in [5, 5.41) is 3.88. The number of anilines is 1. The van der Waals surface area contributed by atoms with Crippen LogP contribution in [0.4, 0.5) is 5.69 Å². The summed E-state index contributed by atoms with van der Waals surface area (Å²) >= 11 is 6.29. The number of carbonyl (C=O) groups excluding carboxylic acids is 1. The molecule has 0 radical (unpaired) electrons. The van der Waals surface area contributed by atoms with E-state index in [1.54, 1.807) is 23.2 Å². The maximum Gasteiger partial charge on any atom is 0.242 e. The van der Waals surface area contributed by atoms with Crippen molar-refractivity contribution in [2.75, 3.05) is 58.7 Å². The molecule has 3 rings (SSSR count). The number of rotatable bonds is 10. The van der Waals surface area contributed by atoms with E-state index in [-0.39, 0.29) is 12.5 Å². The summed E-state index contributed by atoms with van der Waals surface area (Å²) < 4.78 is 6.08. The van der Waals surface area contributed by atoms with E-state index in [0.29, 0.717) is 30.4 Å². The SMILES string of the molecule is CCCN1CCOc2c(cccc2NCC(=O)N(CCN(C)C)Cc2ncccc2Cl)C1. The number of nitrogens with one attached hydrogen (secondary N) is 1. The summed E-state index contributed by atoms with van der Waals surface area (Å²) in [6, 6.07) is 9.68. The lowest BCUT2D eigenvalue weighted by molar-refractivity contribution is -0.130. The number of pyridine rings is 1. The smallest absolute Gasteiger partial charge is 0.242 e. The highest BCUT2D eigenvalue weighted by molar-refractivity contribution is 6.31. The topological polar surface area (TPSA) is 60.9 Å². The molecule has 1 aromatic carbocycles. The van der Waals surface area contributed by atoms with Gasteiger partial charge in [-0.25, -0.2) is 0 Å². The molecular formula is C24H34ClN5O2. The van der Waals surface area contributed by atoms with E-state index in [0.717, 1.165) is 49.6 Å². The fourth-order valence-electron chi connectivity index (χ4n) is 3.73. The molecule has 7 nitrogen and oxygen atoms in total. The molecule has 0 atom stereocenters. The minimum absolute atomic E-state index is 0.00703. The summed E-state index contributed by atoms with van der Waals surface area (Å²) in [5.41, 5.74) is 2.71. The molecule has 1 N–H and O–H groups in total. The summed E-state index contributed by atoms with van der Waals surface area (Å²) in [7, 11) is 3.99. The first-order chi connectivity index (χ1) is 15.5. The molecule has 0 saturated carbocycles. The molecular weight excluding hydrogens is 426 g/mol. The number of para-hydroxylation sites is 1. The van der Waals surface area contributed by atoms with Crippen LogP contribution in [0.2, 0.25) is 5.02 Å². The van der Waals surface area contributed by atoms with Crippen LogP contribution in [0.25, 0.3) is 0 Å². The Balaban J connectivity index is 1.69. The molecule has 174 valence electrons. The average molecular weight is 460 g/mol. The Morgan fingerprint density at radius 2 is 2.09 bits per heavy atom. The number of fused-ring (bicyclic) bond motifs is 1. The van der Waals surface area contributed by atoms with E-state index in [1.807, 2.05) is 26.2 Å². The molecule has 0 bridgehead atoms. The van der Waals surface area contributed by atoms with Crippen LogP contribution in [0.15, 0.2) is 36.5 Å². The van der Waals surface area contributed by atoms with E-state index in [2.05, 4.69) is 33.1 Å². The molecule has 0 saturated heterocycles. The number of benzene rings is 1. The van der Waals surface area contributed by atoms with E-state index in [1.165, 1.54) is 0 Å². The predicted octanol–water partition coefficient (Wildman–Crippen LogP) is 3.34. The highest BCUT2D eigenvalue weighted by atomic mass is 35.5. The molecule has 32 heavy (non-hydrogen) atoms. The fourth-order valence-corrected chi connectivity index (χ4v) is 3.91. The van der Waals surface area contributed by atoms with Crippen molar-refractivity contribution in [3.05, 3.63) is 52.8 Å². The quantitative estimate of drug-likeness (QED) is 0.588. The zero-order valence-electron chi connectivity index (χ0n) is 19.3. The Morgan fingerprint density at radius 3 is 2.84 bits per heavy atom. The molecule has 1 aliphatic rings. The van der Waals surface area contributed by atoms with Gasteiger partial charge in [0.2, 0.25) is 5.91 Å². The summed E-state index contributed by atoms with van der Waals surface area (Å²) in [4.78, 5) is 23.8. The Kier molecular flexibility index (Phi) is 9.14. The van der Waals surface area contributed by atoms with Gasteiger partial charge in [-0.05, 0) is 45.3 Å². The molecule has 1 aromatic heterocycles. The first kappa shape index (κ1) is 24.3. The number of aromatic nitrogens is 1. The lowest BCUT2D eigenvalue weighted by Gasteiger charge is -2.25. The number of carbonyl (C=O) groups is 1. The van der Waals surface area contributed by atoms with Crippen LogP contribution in [0.5, 0.6) is 5.75 Å². The van der Waals surface area contributed by atoms with Crippen LogP contribution in [-0.2, 0) is 17.9 Å². The molecule has 0 unspecified atom stereocenters. The number of halogens is 1. The van der Waals surface area contributed by atoms with Crippen molar-refractivity contribution >= 4 is 23.2 Å². The van der Waals surface area contributed by atoms with Crippen molar-refractivity contribution in [2.45, 2.75) is 26.4 Å². The second-order valence-corrected chi connectivity index (χ2v) is 8.73. The van der Waals surface area contributed by atoms with Gasteiger partial charge in [0.25, 0.3) is 0 Å². The number of amides is 1. The van der Waals surface area contributed by atoms with Crippen molar-refractivity contribution in [1.29, 1.82) is 0 Å². The van der Waals surface area contributed by atoms with Crippen LogP contribution in [0, 0.1) is 0 Å². The third-order valence-corrected chi connectivity index (χ3v) is 5.80. The monoisotopic (exact) mass is 459 g/mol. The summed E-state index contributed by atoms with van der Waals surface area (Å²) in [6.45, 7) is 7.56. The van der Waals surface area contributed by atoms with Gasteiger partial charge in [0.05, 0.1) is 29.5 Å². The van der Waals surface area contributed by atoms with E-state index in [9.17, 15) is 4.79 Å². The average Bonchev–Trinajstić information content (AvgIpc) is 2.98. The normalized spacial score (nSPS) is 13.9. The molecule has 2 aromatic rings. The van der Waals surface area contributed by atoms with Gasteiger partial charge in [-0.15, -0.1) is 0 Å². The van der Waals surface area contributed by atoms with E-state index < -0.39 is 0 Å². The van der Waals surface area contributed by atoms with Crippen molar-refractivity contribution < 1.29 is 9.53 Å². The zero-order chi connectivity index (χ0) is 22.9. The minimum atomic E-state index is -0.00703.